The molecule has 0 bridgehead atoms. The van der Waals surface area contributed by atoms with Gasteiger partial charge in [0.05, 0.1) is 24.2 Å². The number of carbonyl (C=O) groups is 2. The second-order valence-electron chi connectivity index (χ2n) is 6.57. The monoisotopic (exact) mass is 336 g/mol. The summed E-state index contributed by atoms with van der Waals surface area (Å²) >= 11 is 0. The van der Waals surface area contributed by atoms with Crippen LogP contribution in [0.2, 0.25) is 0 Å². The van der Waals surface area contributed by atoms with Gasteiger partial charge in [0.25, 0.3) is 0 Å². The predicted molar refractivity (Wildman–Crippen MR) is 94.2 cm³/mol. The Morgan fingerprint density at radius 3 is 1.67 bits per heavy atom. The Labute approximate surface area is 143 Å². The lowest BCUT2D eigenvalue weighted by Gasteiger charge is -2.17. The fourth-order valence-electron chi connectivity index (χ4n) is 2.48. The second-order valence-corrected chi connectivity index (χ2v) is 6.57. The van der Waals surface area contributed by atoms with Crippen LogP contribution in [0, 0.1) is 0 Å². The summed E-state index contributed by atoms with van der Waals surface area (Å²) in [5.74, 6) is -0.994. The Bertz CT molecular complexity index is 563. The van der Waals surface area contributed by atoms with Crippen LogP contribution in [0.1, 0.15) is 46.0 Å². The number of nitrogens with zero attached hydrogens (tertiary/aromatic N) is 2. The molecule has 6 nitrogen and oxygen atoms in total. The molecule has 0 amide bonds. The maximum Gasteiger partial charge on any atom is 0.180 e. The lowest BCUT2D eigenvalue weighted by molar-refractivity contribution is 0.0955. The summed E-state index contributed by atoms with van der Waals surface area (Å²) in [4.78, 5) is 28.2. The van der Waals surface area contributed by atoms with Crippen molar-refractivity contribution < 1.29 is 19.8 Å². The first kappa shape index (κ1) is 20.1. The highest BCUT2D eigenvalue weighted by Crippen LogP contribution is 2.36. The molecule has 134 valence electrons. The van der Waals surface area contributed by atoms with Gasteiger partial charge >= 0.3 is 0 Å². The van der Waals surface area contributed by atoms with Gasteiger partial charge in [0.15, 0.2) is 11.6 Å². The maximum absolute atomic E-state index is 12.4. The molecule has 1 aromatic carbocycles. The van der Waals surface area contributed by atoms with Crippen molar-refractivity contribution in [2.75, 3.05) is 41.3 Å². The van der Waals surface area contributed by atoms with Crippen molar-refractivity contribution in [2.45, 2.75) is 26.2 Å². The number of likely N-dealkylation sites (N-methyl/N-ethyl adjacent to an activating group) is 2. The smallest absolute Gasteiger partial charge is 0.180 e. The van der Waals surface area contributed by atoms with E-state index < -0.39 is 0 Å². The summed E-state index contributed by atoms with van der Waals surface area (Å²) in [5, 5.41) is 20.9. The topological polar surface area (TPSA) is 81.1 Å². The Hall–Kier alpha value is -1.92. The first-order chi connectivity index (χ1) is 11.2. The molecule has 0 aromatic heterocycles. The van der Waals surface area contributed by atoms with Gasteiger partial charge in [-0.25, -0.2) is 0 Å². The van der Waals surface area contributed by atoms with Gasteiger partial charge in [-0.2, -0.15) is 0 Å². The molecule has 0 saturated carbocycles. The molecular formula is C18H28N2O4. The van der Waals surface area contributed by atoms with Gasteiger partial charge in [-0.3, -0.25) is 9.59 Å². The number of ketones is 2. The molecule has 1 aromatic rings. The minimum absolute atomic E-state index is 0.0923. The number of carbonyl (C=O) groups excluding carboxylic acids is 2. The zero-order chi connectivity index (χ0) is 18.4. The Morgan fingerprint density at radius 2 is 1.33 bits per heavy atom. The first-order valence-electron chi connectivity index (χ1n) is 8.12. The van der Waals surface area contributed by atoms with E-state index in [-0.39, 0.29) is 52.8 Å². The average molecular weight is 336 g/mol. The molecule has 2 N–H and O–H groups in total. The fraction of sp³-hybridized carbons (Fsp3) is 0.556. The molecule has 0 radical (unpaired) electrons. The lowest BCUT2D eigenvalue weighted by Crippen LogP contribution is -2.24. The van der Waals surface area contributed by atoms with E-state index in [2.05, 4.69) is 0 Å². The van der Waals surface area contributed by atoms with Gasteiger partial charge in [0, 0.05) is 5.56 Å². The van der Waals surface area contributed by atoms with Crippen LogP contribution >= 0.6 is 0 Å². The number of phenolic OH excluding ortho intramolecular Hbond substituents is 2. The molecule has 0 saturated heterocycles. The quantitative estimate of drug-likeness (QED) is 0.671. The molecule has 6 heteroatoms. The molecule has 0 unspecified atom stereocenters. The number of benzene rings is 1. The Morgan fingerprint density at radius 1 is 0.917 bits per heavy atom. The Balaban J connectivity index is 3.42. The highest BCUT2D eigenvalue weighted by atomic mass is 16.3. The van der Waals surface area contributed by atoms with Crippen LogP contribution < -0.4 is 0 Å². The third-order valence-corrected chi connectivity index (χ3v) is 3.67. The molecule has 1 rings (SSSR count). The number of hydrogen-bond donors (Lipinski definition) is 2. The van der Waals surface area contributed by atoms with Crippen LogP contribution in [0.25, 0.3) is 0 Å². The van der Waals surface area contributed by atoms with Crippen LogP contribution in [0.3, 0.4) is 0 Å². The third-order valence-electron chi connectivity index (χ3n) is 3.67. The Kier molecular flexibility index (Phi) is 7.38. The van der Waals surface area contributed by atoms with Crippen molar-refractivity contribution in [3.63, 3.8) is 0 Å². The van der Waals surface area contributed by atoms with Crippen LogP contribution in [-0.2, 0) is 6.42 Å². The van der Waals surface area contributed by atoms with Crippen molar-refractivity contribution in [2.24, 2.45) is 0 Å². The van der Waals surface area contributed by atoms with Gasteiger partial charge in [-0.1, -0.05) is 13.3 Å². The number of Topliss-reactive ketones (excluding diaryl/α,β-unsaturated/α-hetero) is 2. The van der Waals surface area contributed by atoms with Crippen LogP contribution in [0.5, 0.6) is 11.5 Å². The molecule has 0 aliphatic carbocycles. The van der Waals surface area contributed by atoms with E-state index in [4.69, 9.17) is 0 Å². The maximum atomic E-state index is 12.4. The van der Waals surface area contributed by atoms with Crippen molar-refractivity contribution in [3.8, 4) is 11.5 Å². The first-order valence-corrected chi connectivity index (χ1v) is 8.12. The summed E-state index contributed by atoms with van der Waals surface area (Å²) in [6.07, 6.45) is 2.03. The van der Waals surface area contributed by atoms with E-state index in [1.165, 1.54) is 6.07 Å². The van der Waals surface area contributed by atoms with Crippen molar-refractivity contribution in [3.05, 3.63) is 22.8 Å². The van der Waals surface area contributed by atoms with E-state index in [9.17, 15) is 19.8 Å². The van der Waals surface area contributed by atoms with E-state index in [1.807, 2.05) is 6.92 Å². The van der Waals surface area contributed by atoms with Crippen LogP contribution in [0.15, 0.2) is 6.07 Å². The number of hydrogen-bond acceptors (Lipinski definition) is 6. The zero-order valence-electron chi connectivity index (χ0n) is 15.2. The second kappa shape index (κ2) is 8.80. The largest absolute Gasteiger partial charge is 0.507 e. The number of unbranched alkanes of at least 4 members (excludes halogenated alkanes) is 1. The fourth-order valence-corrected chi connectivity index (χ4v) is 2.48. The van der Waals surface area contributed by atoms with Crippen molar-refractivity contribution in [1.82, 2.24) is 9.80 Å². The van der Waals surface area contributed by atoms with E-state index in [0.29, 0.717) is 6.42 Å². The van der Waals surface area contributed by atoms with Gasteiger partial charge in [-0.15, -0.1) is 0 Å². The zero-order valence-corrected chi connectivity index (χ0v) is 15.2. The minimum atomic E-state index is -0.283. The lowest BCUT2D eigenvalue weighted by atomic mass is 9.94. The standard InChI is InChI=1S/C18H28N2O4/c1-6-7-8-12-17(23)13(15(21)10-19(2)3)9-14(18(12)24)16(22)11-20(4)5/h9,23-24H,6-8,10-11H2,1-5H3. The molecular weight excluding hydrogens is 308 g/mol. The summed E-state index contributed by atoms with van der Waals surface area (Å²) in [6, 6.07) is 1.32. The minimum Gasteiger partial charge on any atom is -0.507 e. The number of rotatable bonds is 9. The van der Waals surface area contributed by atoms with Crippen molar-refractivity contribution >= 4 is 11.6 Å². The normalized spacial score (nSPS) is 11.3. The predicted octanol–water partition coefficient (Wildman–Crippen LogP) is 1.93. The molecule has 0 atom stereocenters. The van der Waals surface area contributed by atoms with Crippen LogP contribution in [-0.4, -0.2) is 72.9 Å². The SMILES string of the molecule is CCCCc1c(O)c(C(=O)CN(C)C)cc(C(=O)CN(C)C)c1O. The third kappa shape index (κ3) is 5.04. The molecule has 0 spiro atoms. The van der Waals surface area contributed by atoms with E-state index in [1.54, 1.807) is 38.0 Å². The number of aromatic hydroxyl groups is 2. The highest BCUT2D eigenvalue weighted by Gasteiger charge is 2.24. The summed E-state index contributed by atoms with van der Waals surface area (Å²) in [5.41, 5.74) is 0.466. The molecule has 0 aliphatic rings. The summed E-state index contributed by atoms with van der Waals surface area (Å²) < 4.78 is 0. The van der Waals surface area contributed by atoms with Gasteiger partial charge < -0.3 is 20.0 Å². The van der Waals surface area contributed by atoms with Crippen LogP contribution in [0.4, 0.5) is 0 Å². The highest BCUT2D eigenvalue weighted by molar-refractivity contribution is 6.06. The molecule has 0 aliphatic heterocycles. The van der Waals surface area contributed by atoms with Gasteiger partial charge in [0.1, 0.15) is 11.5 Å². The molecule has 0 fully saturated rings. The molecule has 0 heterocycles. The van der Waals surface area contributed by atoms with Gasteiger partial charge in [0.2, 0.25) is 0 Å². The average Bonchev–Trinajstić information content (AvgIpc) is 2.45. The molecule has 24 heavy (non-hydrogen) atoms. The van der Waals surface area contributed by atoms with E-state index >= 15 is 0 Å². The number of phenols is 2. The van der Waals surface area contributed by atoms with Crippen molar-refractivity contribution in [1.29, 1.82) is 0 Å². The van der Waals surface area contributed by atoms with E-state index in [0.717, 1.165) is 12.8 Å². The summed E-state index contributed by atoms with van der Waals surface area (Å²) in [6.45, 7) is 2.23. The summed E-state index contributed by atoms with van der Waals surface area (Å²) in [7, 11) is 7.02. The van der Waals surface area contributed by atoms with Gasteiger partial charge in [-0.05, 0) is 47.1 Å².